The summed E-state index contributed by atoms with van der Waals surface area (Å²) in [6.07, 6.45) is -8.51. The maximum Gasteiger partial charge on any atom is 0.573 e. The molecule has 0 saturated carbocycles. The first kappa shape index (κ1) is 24.6. The average molecular weight is 555 g/mol. The minimum absolute atomic E-state index is 0.0844. The number of benzene rings is 2. The number of rotatable bonds is 4. The molecular formula is C19H10BrClF9NO. The van der Waals surface area contributed by atoms with Crippen molar-refractivity contribution in [2.45, 2.75) is 23.0 Å². The Morgan fingerprint density at radius 3 is 2.12 bits per heavy atom. The van der Waals surface area contributed by atoms with Crippen LogP contribution in [0.2, 0.25) is 5.02 Å². The third-order valence-electron chi connectivity index (χ3n) is 4.52. The van der Waals surface area contributed by atoms with Crippen LogP contribution in [0.25, 0.3) is 6.08 Å². The van der Waals surface area contributed by atoms with Gasteiger partial charge in [0.1, 0.15) is 5.69 Å². The number of anilines is 2. The van der Waals surface area contributed by atoms with Crippen molar-refractivity contribution in [1.82, 2.24) is 0 Å². The zero-order chi connectivity index (χ0) is 24.1. The van der Waals surface area contributed by atoms with Crippen LogP contribution in [0.1, 0.15) is 11.1 Å². The number of hydrogen-bond donors (Lipinski definition) is 0. The van der Waals surface area contributed by atoms with Crippen LogP contribution >= 0.6 is 27.5 Å². The monoisotopic (exact) mass is 553 g/mol. The van der Waals surface area contributed by atoms with E-state index in [4.69, 9.17) is 11.6 Å². The molecule has 1 aliphatic rings. The molecule has 0 bridgehead atoms. The summed E-state index contributed by atoms with van der Waals surface area (Å²) in [4.78, 5) is -4.07. The summed E-state index contributed by atoms with van der Waals surface area (Å²) in [6.45, 7) is -0.0844. The molecule has 0 aliphatic carbocycles. The summed E-state index contributed by atoms with van der Waals surface area (Å²) >= 11 is 7.31. The maximum absolute atomic E-state index is 14.8. The van der Waals surface area contributed by atoms with Gasteiger partial charge in [-0.2, -0.15) is 22.0 Å². The van der Waals surface area contributed by atoms with Crippen molar-refractivity contribution in [2.75, 3.05) is 11.4 Å². The van der Waals surface area contributed by atoms with Gasteiger partial charge in [0.2, 0.25) is 0 Å². The highest BCUT2D eigenvalue weighted by molar-refractivity contribution is 9.10. The molecule has 2 nitrogen and oxygen atoms in total. The van der Waals surface area contributed by atoms with Crippen LogP contribution in [0.15, 0.2) is 42.5 Å². The van der Waals surface area contributed by atoms with E-state index in [1.54, 1.807) is 24.3 Å². The second-order valence-electron chi connectivity index (χ2n) is 6.58. The van der Waals surface area contributed by atoms with Gasteiger partial charge >= 0.3 is 23.0 Å². The third-order valence-corrected chi connectivity index (χ3v) is 5.35. The summed E-state index contributed by atoms with van der Waals surface area (Å²) in [7, 11) is 0. The van der Waals surface area contributed by atoms with Gasteiger partial charge < -0.3 is 9.64 Å². The quantitative estimate of drug-likeness (QED) is 0.280. The van der Waals surface area contributed by atoms with E-state index in [2.05, 4.69) is 4.74 Å². The van der Waals surface area contributed by atoms with Crippen LogP contribution in [0.4, 0.5) is 50.9 Å². The summed E-state index contributed by atoms with van der Waals surface area (Å²) in [5.41, 5.74) is -7.03. The van der Waals surface area contributed by atoms with Gasteiger partial charge in [0, 0.05) is 17.8 Å². The zero-order valence-electron chi connectivity index (χ0n) is 15.3. The normalized spacial score (nSPS) is 16.5. The number of fused-ring (bicyclic) bond motifs is 1. The van der Waals surface area contributed by atoms with Gasteiger partial charge in [-0.15, -0.1) is 13.2 Å². The molecule has 3 rings (SSSR count). The van der Waals surface area contributed by atoms with Crippen LogP contribution in [0.5, 0.6) is 5.75 Å². The Bertz CT molecular complexity index is 1030. The Hall–Kier alpha value is -2.08. The Labute approximate surface area is 188 Å². The lowest BCUT2D eigenvalue weighted by atomic mass is 9.94. The molecule has 1 aliphatic heterocycles. The molecule has 0 aromatic heterocycles. The Kier molecular flexibility index (Phi) is 6.18. The van der Waals surface area contributed by atoms with E-state index in [-0.39, 0.29) is 18.7 Å². The van der Waals surface area contributed by atoms with E-state index >= 15 is 0 Å². The van der Waals surface area contributed by atoms with Gasteiger partial charge in [-0.25, -0.2) is 4.39 Å². The summed E-state index contributed by atoms with van der Waals surface area (Å²) in [5, 5.41) is -0.866. The minimum Gasteiger partial charge on any atom is -0.403 e. The molecule has 0 radical (unpaired) electrons. The molecule has 174 valence electrons. The van der Waals surface area contributed by atoms with Crippen molar-refractivity contribution in [2.24, 2.45) is 0 Å². The van der Waals surface area contributed by atoms with Crippen LogP contribution < -0.4 is 9.64 Å². The van der Waals surface area contributed by atoms with Gasteiger partial charge in [-0.3, -0.25) is 0 Å². The highest BCUT2D eigenvalue weighted by atomic mass is 79.9. The summed E-state index contributed by atoms with van der Waals surface area (Å²) in [6, 6.07) is 6.37. The molecule has 0 N–H and O–H groups in total. The lowest BCUT2D eigenvalue weighted by molar-refractivity contribution is -0.282. The third kappa shape index (κ3) is 4.39. The molecule has 0 fully saturated rings. The number of nitrogens with zero attached hydrogens (tertiary/aromatic N) is 1. The van der Waals surface area contributed by atoms with Gasteiger partial charge in [-0.05, 0) is 39.7 Å². The fraction of sp³-hybridized carbons (Fsp3) is 0.263. The maximum atomic E-state index is 14.8. The van der Waals surface area contributed by atoms with Gasteiger partial charge in [-0.1, -0.05) is 42.0 Å². The summed E-state index contributed by atoms with van der Waals surface area (Å²) in [5.74, 6) is -1.38. The number of para-hydroxylation sites is 1. The van der Waals surface area contributed by atoms with Gasteiger partial charge in [0.25, 0.3) is 0 Å². The first-order valence-corrected chi connectivity index (χ1v) is 9.68. The molecule has 2 aromatic rings. The van der Waals surface area contributed by atoms with E-state index < -0.39 is 45.1 Å². The van der Waals surface area contributed by atoms with Crippen molar-refractivity contribution >= 4 is 45.0 Å². The van der Waals surface area contributed by atoms with Gasteiger partial charge in [0.05, 0.1) is 5.02 Å². The van der Waals surface area contributed by atoms with Crippen LogP contribution in [0.3, 0.4) is 0 Å². The average Bonchev–Trinajstić information content (AvgIpc) is 2.64. The Morgan fingerprint density at radius 1 is 0.938 bits per heavy atom. The van der Waals surface area contributed by atoms with Crippen LogP contribution in [0, 0.1) is 0 Å². The fourth-order valence-electron chi connectivity index (χ4n) is 3.19. The largest absolute Gasteiger partial charge is 0.573 e. The molecule has 1 atom stereocenters. The Balaban J connectivity index is 2.29. The first-order valence-electron chi connectivity index (χ1n) is 8.51. The highest BCUT2D eigenvalue weighted by Crippen LogP contribution is 2.57. The highest BCUT2D eigenvalue weighted by Gasteiger charge is 2.71. The van der Waals surface area contributed by atoms with Crippen LogP contribution in [-0.4, -0.2) is 23.9 Å². The predicted octanol–water partition coefficient (Wildman–Crippen LogP) is 8.12. The molecule has 0 amide bonds. The van der Waals surface area contributed by atoms with E-state index in [0.29, 0.717) is 11.3 Å². The first-order chi connectivity index (χ1) is 14.6. The van der Waals surface area contributed by atoms with Crippen molar-refractivity contribution < 1.29 is 44.3 Å². The van der Waals surface area contributed by atoms with Crippen molar-refractivity contribution in [3.05, 3.63) is 58.6 Å². The minimum atomic E-state index is -6.22. The number of ether oxygens (including phenoxy) is 1. The number of halogens is 11. The van der Waals surface area contributed by atoms with E-state index in [9.17, 15) is 39.5 Å². The van der Waals surface area contributed by atoms with Crippen molar-refractivity contribution in [1.29, 1.82) is 0 Å². The zero-order valence-corrected chi connectivity index (χ0v) is 17.7. The molecule has 32 heavy (non-hydrogen) atoms. The van der Waals surface area contributed by atoms with E-state index in [1.165, 1.54) is 33.0 Å². The van der Waals surface area contributed by atoms with Gasteiger partial charge in [0.15, 0.2) is 5.75 Å². The predicted molar refractivity (Wildman–Crippen MR) is 103 cm³/mol. The molecule has 2 aromatic carbocycles. The second-order valence-corrected chi connectivity index (χ2v) is 7.98. The van der Waals surface area contributed by atoms with Crippen molar-refractivity contribution in [3.63, 3.8) is 0 Å². The molecule has 1 heterocycles. The molecule has 1 unspecified atom stereocenters. The lowest BCUT2D eigenvalue weighted by Crippen LogP contribution is -2.49. The summed E-state index contributed by atoms with van der Waals surface area (Å²) < 4.78 is 125. The number of hydrogen-bond acceptors (Lipinski definition) is 2. The molecular weight excluding hydrogens is 545 g/mol. The van der Waals surface area contributed by atoms with Crippen molar-refractivity contribution in [3.8, 4) is 5.75 Å². The van der Waals surface area contributed by atoms with E-state index in [0.717, 1.165) is 0 Å². The fourth-order valence-corrected chi connectivity index (χ4v) is 3.96. The standard InChI is InChI=1S/C19H10BrClF9NO/c20-17(23,24)16(22,18(25,26)27)11-8-12(21)15(14(9-11)32-19(28,29)30)31-7-3-5-10-4-1-2-6-13(10)31/h1-6,8-9H,7H2. The molecule has 0 spiro atoms. The van der Waals surface area contributed by atoms with E-state index in [1.807, 2.05) is 0 Å². The topological polar surface area (TPSA) is 12.5 Å². The smallest absolute Gasteiger partial charge is 0.403 e. The Morgan fingerprint density at radius 2 is 1.56 bits per heavy atom. The SMILES string of the molecule is FC(F)(F)Oc1cc(C(F)(C(F)(F)F)C(F)(F)Br)cc(Cl)c1N1CC=Cc2ccccc21. The molecule has 0 saturated heterocycles. The van der Waals surface area contributed by atoms with Crippen LogP contribution in [-0.2, 0) is 5.67 Å². The second kappa shape index (κ2) is 8.05. The lowest BCUT2D eigenvalue weighted by Gasteiger charge is -2.34. The molecule has 13 heteroatoms. The number of alkyl halides is 10.